The van der Waals surface area contributed by atoms with Crippen LogP contribution in [0.15, 0.2) is 18.2 Å². The molecule has 4 aliphatic carbocycles. The summed E-state index contributed by atoms with van der Waals surface area (Å²) in [5.74, 6) is 0.692. The second-order valence-corrected chi connectivity index (χ2v) is 8.05. The molecule has 0 spiro atoms. The van der Waals surface area contributed by atoms with Crippen molar-refractivity contribution >= 4 is 17.6 Å². The van der Waals surface area contributed by atoms with E-state index in [1.54, 1.807) is 0 Å². The van der Waals surface area contributed by atoms with Crippen molar-refractivity contribution in [3.8, 4) is 0 Å². The van der Waals surface area contributed by atoms with E-state index in [-0.39, 0.29) is 29.3 Å². The van der Waals surface area contributed by atoms with Crippen LogP contribution in [-0.4, -0.2) is 24.0 Å². The second kappa shape index (κ2) is 6.00. The Kier molecular flexibility index (Phi) is 3.93. The average molecular weight is 346 g/mol. The van der Waals surface area contributed by atoms with Crippen LogP contribution in [0.3, 0.4) is 0 Å². The van der Waals surface area contributed by atoms with Crippen LogP contribution in [-0.2, 0) is 9.53 Å². The molecule has 0 radical (unpaired) electrons. The zero-order valence-corrected chi connectivity index (χ0v) is 14.1. The number of hydrogen-bond acceptors (Lipinski definition) is 4. The van der Waals surface area contributed by atoms with Gasteiger partial charge in [-0.05, 0) is 74.5 Å². The van der Waals surface area contributed by atoms with Gasteiger partial charge in [-0.15, -0.1) is 0 Å². The number of benzene rings is 1. The quantitative estimate of drug-likeness (QED) is 0.649. The highest BCUT2D eigenvalue weighted by Crippen LogP contribution is 2.55. The van der Waals surface area contributed by atoms with Gasteiger partial charge in [0, 0.05) is 11.2 Å². The first-order valence-electron chi connectivity index (χ1n) is 8.96. The van der Waals surface area contributed by atoms with Gasteiger partial charge in [-0.1, -0.05) is 0 Å². The lowest BCUT2D eigenvalue weighted by Crippen LogP contribution is -2.60. The highest BCUT2D eigenvalue weighted by Gasteiger charge is 2.51. The Bertz CT molecular complexity index is 683. The Morgan fingerprint density at radius 3 is 2.32 bits per heavy atom. The van der Waals surface area contributed by atoms with Crippen LogP contribution < -0.4 is 11.1 Å². The predicted octanol–water partition coefficient (Wildman–Crippen LogP) is 2.65. The number of amides is 1. The SMILES string of the molecule is Nc1cc(F)ccc1C(=O)OCC(=O)NC12CC3CC(CC(C3)C1)C2. The number of rotatable bonds is 4. The van der Waals surface area contributed by atoms with Gasteiger partial charge in [-0.25, -0.2) is 9.18 Å². The molecule has 0 heterocycles. The molecule has 1 aromatic carbocycles. The van der Waals surface area contributed by atoms with Gasteiger partial charge in [0.1, 0.15) is 5.82 Å². The number of ether oxygens (including phenoxy) is 1. The lowest BCUT2D eigenvalue weighted by Gasteiger charge is -2.56. The van der Waals surface area contributed by atoms with Gasteiger partial charge >= 0.3 is 5.97 Å². The van der Waals surface area contributed by atoms with Gasteiger partial charge in [0.15, 0.2) is 6.61 Å². The van der Waals surface area contributed by atoms with Gasteiger partial charge in [-0.3, -0.25) is 4.79 Å². The zero-order chi connectivity index (χ0) is 17.6. The maximum absolute atomic E-state index is 13.0. The molecule has 5 rings (SSSR count). The molecule has 4 saturated carbocycles. The number of nitrogens with one attached hydrogen (secondary N) is 1. The number of hydrogen-bond donors (Lipinski definition) is 2. The molecule has 0 unspecified atom stereocenters. The molecule has 1 amide bonds. The van der Waals surface area contributed by atoms with E-state index in [2.05, 4.69) is 5.32 Å². The van der Waals surface area contributed by atoms with E-state index in [0.29, 0.717) is 0 Å². The summed E-state index contributed by atoms with van der Waals surface area (Å²) in [6.45, 7) is -0.336. The van der Waals surface area contributed by atoms with E-state index in [1.807, 2.05) is 0 Å². The van der Waals surface area contributed by atoms with Crippen molar-refractivity contribution in [3.63, 3.8) is 0 Å². The minimum Gasteiger partial charge on any atom is -0.452 e. The number of carbonyl (C=O) groups excluding carboxylic acids is 2. The number of nitrogen functional groups attached to an aromatic ring is 1. The van der Waals surface area contributed by atoms with Crippen LogP contribution in [0.25, 0.3) is 0 Å². The third-order valence-electron chi connectivity index (χ3n) is 6.01. The highest BCUT2D eigenvalue weighted by molar-refractivity contribution is 5.96. The van der Waals surface area contributed by atoms with E-state index in [9.17, 15) is 14.0 Å². The molecule has 6 heteroatoms. The highest BCUT2D eigenvalue weighted by atomic mass is 19.1. The number of carbonyl (C=O) groups is 2. The Hall–Kier alpha value is -2.11. The van der Waals surface area contributed by atoms with E-state index >= 15 is 0 Å². The molecule has 4 bridgehead atoms. The Labute approximate surface area is 146 Å². The molecule has 4 aliphatic rings. The summed E-state index contributed by atoms with van der Waals surface area (Å²) >= 11 is 0. The Morgan fingerprint density at radius 2 is 1.76 bits per heavy atom. The summed E-state index contributed by atoms with van der Waals surface area (Å²) in [5, 5.41) is 3.15. The number of halogens is 1. The Morgan fingerprint density at radius 1 is 1.16 bits per heavy atom. The fraction of sp³-hybridized carbons (Fsp3) is 0.579. The van der Waals surface area contributed by atoms with Crippen LogP contribution in [0.1, 0.15) is 48.9 Å². The molecule has 0 aliphatic heterocycles. The summed E-state index contributed by atoms with van der Waals surface area (Å²) in [4.78, 5) is 24.4. The van der Waals surface area contributed by atoms with Gasteiger partial charge < -0.3 is 15.8 Å². The summed E-state index contributed by atoms with van der Waals surface area (Å²) in [6, 6.07) is 3.47. The molecule has 134 valence electrons. The van der Waals surface area contributed by atoms with Crippen molar-refractivity contribution in [2.24, 2.45) is 17.8 Å². The van der Waals surface area contributed by atoms with Crippen LogP contribution in [0, 0.1) is 23.6 Å². The molecule has 0 atom stereocenters. The maximum atomic E-state index is 13.0. The van der Waals surface area contributed by atoms with Gasteiger partial charge in [0.05, 0.1) is 5.56 Å². The molecule has 3 N–H and O–H groups in total. The number of esters is 1. The first-order chi connectivity index (χ1) is 11.9. The second-order valence-electron chi connectivity index (χ2n) is 8.05. The molecule has 25 heavy (non-hydrogen) atoms. The van der Waals surface area contributed by atoms with Crippen molar-refractivity contribution in [2.75, 3.05) is 12.3 Å². The smallest absolute Gasteiger partial charge is 0.340 e. The molecule has 0 saturated heterocycles. The summed E-state index contributed by atoms with van der Waals surface area (Å²) in [7, 11) is 0. The first kappa shape index (κ1) is 16.4. The monoisotopic (exact) mass is 346 g/mol. The normalized spacial score (nSPS) is 32.4. The van der Waals surface area contributed by atoms with Crippen molar-refractivity contribution < 1.29 is 18.7 Å². The Balaban J connectivity index is 1.34. The third-order valence-corrected chi connectivity index (χ3v) is 6.01. The molecule has 1 aromatic rings. The van der Waals surface area contributed by atoms with Gasteiger partial charge in [0.2, 0.25) is 0 Å². The standard InChI is InChI=1S/C19H23FN2O3/c20-14-1-2-15(16(21)6-14)18(24)25-10-17(23)22-19-7-11-3-12(8-19)5-13(4-11)9-19/h1-2,6,11-13H,3-5,7-10,21H2,(H,22,23). The van der Waals surface area contributed by atoms with Crippen LogP contribution >= 0.6 is 0 Å². The fourth-order valence-corrected chi connectivity index (χ4v) is 5.52. The lowest BCUT2D eigenvalue weighted by atomic mass is 9.53. The molecule has 0 aromatic heterocycles. The van der Waals surface area contributed by atoms with Crippen molar-refractivity contribution in [3.05, 3.63) is 29.6 Å². The fourth-order valence-electron chi connectivity index (χ4n) is 5.52. The van der Waals surface area contributed by atoms with Gasteiger partial charge in [-0.2, -0.15) is 0 Å². The van der Waals surface area contributed by atoms with Crippen LogP contribution in [0.2, 0.25) is 0 Å². The van der Waals surface area contributed by atoms with E-state index in [4.69, 9.17) is 10.5 Å². The maximum Gasteiger partial charge on any atom is 0.340 e. The molecular formula is C19H23FN2O3. The van der Waals surface area contributed by atoms with Crippen molar-refractivity contribution in [1.29, 1.82) is 0 Å². The minimum atomic E-state index is -0.710. The largest absolute Gasteiger partial charge is 0.452 e. The predicted molar refractivity (Wildman–Crippen MR) is 90.1 cm³/mol. The topological polar surface area (TPSA) is 81.4 Å². The summed E-state index contributed by atoms with van der Waals surface area (Å²) in [6.07, 6.45) is 7.03. The number of anilines is 1. The van der Waals surface area contributed by atoms with Crippen molar-refractivity contribution in [1.82, 2.24) is 5.32 Å². The van der Waals surface area contributed by atoms with Crippen LogP contribution in [0.4, 0.5) is 10.1 Å². The zero-order valence-electron chi connectivity index (χ0n) is 14.1. The minimum absolute atomic E-state index is 0.00601. The van der Waals surface area contributed by atoms with Crippen molar-refractivity contribution in [2.45, 2.75) is 44.1 Å². The molecule has 4 fully saturated rings. The van der Waals surface area contributed by atoms with E-state index in [0.717, 1.165) is 49.1 Å². The summed E-state index contributed by atoms with van der Waals surface area (Å²) in [5.41, 5.74) is 5.60. The average Bonchev–Trinajstić information content (AvgIpc) is 2.50. The van der Waals surface area contributed by atoms with E-state index < -0.39 is 11.8 Å². The molecule has 5 nitrogen and oxygen atoms in total. The van der Waals surface area contributed by atoms with E-state index in [1.165, 1.54) is 25.3 Å². The first-order valence-corrected chi connectivity index (χ1v) is 8.96. The molecular weight excluding hydrogens is 323 g/mol. The van der Waals surface area contributed by atoms with Crippen LogP contribution in [0.5, 0.6) is 0 Å². The summed E-state index contributed by atoms with van der Waals surface area (Å²) < 4.78 is 18.1. The lowest BCUT2D eigenvalue weighted by molar-refractivity contribution is -0.130. The van der Waals surface area contributed by atoms with Gasteiger partial charge in [0.25, 0.3) is 5.91 Å². The number of nitrogens with two attached hydrogens (primary N) is 1. The third kappa shape index (κ3) is 3.22.